The van der Waals surface area contributed by atoms with Crippen molar-refractivity contribution in [1.29, 1.82) is 0 Å². The number of amides is 1. The number of carboxylic acid groups (broad SMARTS) is 1. The molecular weight excluding hydrogens is 550 g/mol. The van der Waals surface area contributed by atoms with Crippen molar-refractivity contribution in [3.63, 3.8) is 0 Å². The predicted octanol–water partition coefficient (Wildman–Crippen LogP) is 6.34. The van der Waals surface area contributed by atoms with E-state index in [0.717, 1.165) is 75.6 Å². The van der Waals surface area contributed by atoms with Crippen molar-refractivity contribution in [2.24, 2.45) is 44.8 Å². The fourth-order valence-corrected chi connectivity index (χ4v) is 12.5. The summed E-state index contributed by atoms with van der Waals surface area (Å²) in [5, 5.41) is 20.9. The molecule has 0 spiro atoms. The molecule has 7 rings (SSSR count). The molecule has 240 valence electrons. The van der Waals surface area contributed by atoms with Gasteiger partial charge in [0.1, 0.15) is 6.04 Å². The van der Waals surface area contributed by atoms with E-state index < -0.39 is 22.8 Å². The number of carboxylic acids is 1. The Morgan fingerprint density at radius 1 is 0.955 bits per heavy atom. The molecule has 1 aromatic rings. The monoisotopic (exact) mass is 603 g/mol. The molecule has 1 aliphatic heterocycles. The first-order valence-electron chi connectivity index (χ1n) is 17.3. The first-order chi connectivity index (χ1) is 20.7. The number of likely N-dealkylation sites (tertiary alicyclic amines) is 1. The van der Waals surface area contributed by atoms with Crippen LogP contribution in [0.3, 0.4) is 0 Å². The number of hydrogen-bond donors (Lipinski definition) is 2. The van der Waals surface area contributed by atoms with Crippen molar-refractivity contribution in [2.45, 2.75) is 124 Å². The van der Waals surface area contributed by atoms with Crippen LogP contribution >= 0.6 is 0 Å². The largest absolute Gasteiger partial charge is 0.480 e. The molecule has 0 aromatic carbocycles. The molecule has 44 heavy (non-hydrogen) atoms. The fraction of sp³-hybridized carbons (Fsp3) is 0.784. The zero-order valence-corrected chi connectivity index (χ0v) is 27.8. The van der Waals surface area contributed by atoms with Crippen LogP contribution in [-0.2, 0) is 21.4 Å². The smallest absolute Gasteiger partial charge is 0.326 e. The van der Waals surface area contributed by atoms with E-state index in [1.807, 2.05) is 0 Å². The lowest BCUT2D eigenvalue weighted by atomic mass is 9.33. The van der Waals surface area contributed by atoms with E-state index >= 15 is 0 Å². The Kier molecular flexibility index (Phi) is 6.64. The summed E-state index contributed by atoms with van der Waals surface area (Å²) in [4.78, 5) is 38.3. The van der Waals surface area contributed by atoms with Crippen LogP contribution in [0.25, 0.3) is 0 Å². The van der Waals surface area contributed by atoms with Gasteiger partial charge in [-0.25, -0.2) is 4.79 Å². The van der Waals surface area contributed by atoms with Crippen LogP contribution in [0.15, 0.2) is 24.0 Å². The lowest BCUT2D eigenvalue weighted by molar-refractivity contribution is -0.177. The minimum Gasteiger partial charge on any atom is -0.480 e. The molecule has 7 heteroatoms. The third-order valence-corrected chi connectivity index (χ3v) is 15.1. The number of aliphatic hydroxyl groups excluding tert-OH is 1. The molecule has 2 N–H and O–H groups in total. The van der Waals surface area contributed by atoms with E-state index in [-0.39, 0.29) is 40.1 Å². The number of hydrogen-bond acceptors (Lipinski definition) is 5. The van der Waals surface area contributed by atoms with Gasteiger partial charge in [-0.3, -0.25) is 14.8 Å². The van der Waals surface area contributed by atoms with Gasteiger partial charge in [-0.05, 0) is 110 Å². The number of carbonyl (C=O) groups is 2. The summed E-state index contributed by atoms with van der Waals surface area (Å²) in [7, 11) is 0. The van der Waals surface area contributed by atoms with Crippen LogP contribution in [0, 0.1) is 44.8 Å². The van der Waals surface area contributed by atoms with Gasteiger partial charge in [0.25, 0.3) is 0 Å². The summed E-state index contributed by atoms with van der Waals surface area (Å²) in [5.74, 6) is 0.165. The second-order valence-electron chi connectivity index (χ2n) is 17.5. The van der Waals surface area contributed by atoms with Crippen LogP contribution in [0.1, 0.15) is 117 Å². The Labute approximate surface area is 263 Å². The van der Waals surface area contributed by atoms with Crippen molar-refractivity contribution in [2.75, 3.05) is 13.2 Å². The van der Waals surface area contributed by atoms with Gasteiger partial charge in [-0.2, -0.15) is 0 Å². The summed E-state index contributed by atoms with van der Waals surface area (Å²) in [6, 6.07) is -0.684. The maximum absolute atomic E-state index is 14.7. The summed E-state index contributed by atoms with van der Waals surface area (Å²) in [6.45, 7) is 15.1. The quantitative estimate of drug-likeness (QED) is 0.391. The third kappa shape index (κ3) is 3.77. The molecular formula is C37H53N3O4. The molecule has 4 fully saturated rings. The minimum absolute atomic E-state index is 0.0288. The van der Waals surface area contributed by atoms with E-state index in [2.05, 4.69) is 47.6 Å². The Balaban J connectivity index is 1.31. The predicted molar refractivity (Wildman–Crippen MR) is 169 cm³/mol. The van der Waals surface area contributed by atoms with E-state index in [0.29, 0.717) is 24.8 Å². The van der Waals surface area contributed by atoms with Gasteiger partial charge >= 0.3 is 5.97 Å². The second kappa shape index (κ2) is 9.62. The molecule has 7 nitrogen and oxygen atoms in total. The molecule has 1 saturated heterocycles. The molecule has 5 aliphatic carbocycles. The highest BCUT2D eigenvalue weighted by Gasteiger charge is 2.70. The zero-order chi connectivity index (χ0) is 31.5. The SMILES string of the molecule is CC1(C)CC[C@]2(C(=O)N3CCCC3C(=O)O)CC[C@]3(C)C(=CC[C@@H]4[C@@]5(C)Cc6nccnc6[C@@](C)(CO)[C@@H]5CC[C@]43C)[C@@H]2C1. The zero-order valence-electron chi connectivity index (χ0n) is 27.8. The van der Waals surface area contributed by atoms with Gasteiger partial charge in [0.05, 0.1) is 23.4 Å². The van der Waals surface area contributed by atoms with E-state index in [1.54, 1.807) is 17.3 Å². The molecule has 0 bridgehead atoms. The number of aliphatic hydroxyl groups is 1. The number of aromatic nitrogens is 2. The first-order valence-corrected chi connectivity index (χ1v) is 17.3. The summed E-state index contributed by atoms with van der Waals surface area (Å²) < 4.78 is 0. The van der Waals surface area contributed by atoms with Gasteiger partial charge in [0.2, 0.25) is 5.91 Å². The van der Waals surface area contributed by atoms with Crippen molar-refractivity contribution in [3.05, 3.63) is 35.4 Å². The molecule has 1 unspecified atom stereocenters. The minimum atomic E-state index is -0.855. The van der Waals surface area contributed by atoms with Crippen LogP contribution in [0.2, 0.25) is 0 Å². The lowest BCUT2D eigenvalue weighted by Crippen LogP contribution is -2.66. The van der Waals surface area contributed by atoms with E-state index in [9.17, 15) is 19.8 Å². The molecule has 0 radical (unpaired) electrons. The van der Waals surface area contributed by atoms with E-state index in [1.165, 1.54) is 5.57 Å². The van der Waals surface area contributed by atoms with Gasteiger partial charge in [0, 0.05) is 24.4 Å². The number of aliphatic carboxylic acids is 1. The lowest BCUT2D eigenvalue weighted by Gasteiger charge is -2.70. The number of fused-ring (bicyclic) bond motifs is 8. The summed E-state index contributed by atoms with van der Waals surface area (Å²) >= 11 is 0. The van der Waals surface area contributed by atoms with Crippen molar-refractivity contribution in [3.8, 4) is 0 Å². The first kappa shape index (κ1) is 30.4. The maximum atomic E-state index is 14.7. The number of nitrogens with zero attached hydrogens (tertiary/aromatic N) is 3. The summed E-state index contributed by atoms with van der Waals surface area (Å²) in [6.07, 6.45) is 16.2. The average Bonchev–Trinajstić information content (AvgIpc) is 3.47. The normalized spacial score (nSPS) is 45.6. The number of rotatable bonds is 3. The Morgan fingerprint density at radius 2 is 1.68 bits per heavy atom. The topological polar surface area (TPSA) is 104 Å². The van der Waals surface area contributed by atoms with Crippen molar-refractivity contribution >= 4 is 11.9 Å². The second-order valence-corrected chi connectivity index (χ2v) is 17.5. The molecule has 6 aliphatic rings. The average molecular weight is 604 g/mol. The van der Waals surface area contributed by atoms with Crippen molar-refractivity contribution < 1.29 is 19.8 Å². The molecule has 3 saturated carbocycles. The molecule has 1 amide bonds. The number of carbonyl (C=O) groups excluding carboxylic acids is 1. The van der Waals surface area contributed by atoms with Crippen LogP contribution in [-0.4, -0.2) is 56.2 Å². The third-order valence-electron chi connectivity index (χ3n) is 15.1. The number of allylic oxidation sites excluding steroid dienone is 2. The van der Waals surface area contributed by atoms with Gasteiger partial charge in [0.15, 0.2) is 0 Å². The van der Waals surface area contributed by atoms with Crippen LogP contribution in [0.5, 0.6) is 0 Å². The van der Waals surface area contributed by atoms with Gasteiger partial charge < -0.3 is 15.1 Å². The van der Waals surface area contributed by atoms with Gasteiger partial charge in [-0.1, -0.05) is 53.2 Å². The Bertz CT molecular complexity index is 1420. The Morgan fingerprint density at radius 3 is 2.41 bits per heavy atom. The molecule has 1 aromatic heterocycles. The maximum Gasteiger partial charge on any atom is 0.326 e. The molecule has 9 atom stereocenters. The highest BCUT2D eigenvalue weighted by Crippen LogP contribution is 2.75. The van der Waals surface area contributed by atoms with Crippen LogP contribution < -0.4 is 0 Å². The standard InChI is InChI=1S/C37H53N3O4/c1-32(2)13-15-37(31(44)40-19-7-8-26(40)30(42)43)16-14-35(5)23(24(37)20-32)9-10-28-33(3)21-25-29(39-18-17-38-25)34(4,22-41)27(33)11-12-36(28,35)6/h9,17-18,24,26-28,41H,7-8,10-16,19-22H2,1-6H3,(H,42,43)/t24-,26?,27+,28+,33-,34-,35+,36+,37-/m0/s1. The van der Waals surface area contributed by atoms with Crippen LogP contribution in [0.4, 0.5) is 0 Å². The molecule has 2 heterocycles. The highest BCUT2D eigenvalue weighted by atomic mass is 16.4. The van der Waals surface area contributed by atoms with Gasteiger partial charge in [-0.15, -0.1) is 0 Å². The highest BCUT2D eigenvalue weighted by molar-refractivity contribution is 5.89. The van der Waals surface area contributed by atoms with E-state index in [4.69, 9.17) is 9.97 Å². The summed E-state index contributed by atoms with van der Waals surface area (Å²) in [5.41, 5.74) is 2.73. The van der Waals surface area contributed by atoms with Crippen molar-refractivity contribution in [1.82, 2.24) is 14.9 Å². The fourth-order valence-electron chi connectivity index (χ4n) is 12.5. The Hall–Kier alpha value is -2.28.